The summed E-state index contributed by atoms with van der Waals surface area (Å²) >= 11 is 0. The van der Waals surface area contributed by atoms with Gasteiger partial charge in [-0.05, 0) is 50.1 Å². The fourth-order valence-electron chi connectivity index (χ4n) is 4.46. The first kappa shape index (κ1) is 19.5. The summed E-state index contributed by atoms with van der Waals surface area (Å²) in [6.45, 7) is 9.27. The minimum Gasteiger partial charge on any atom is -0.390 e. The Hall–Kier alpha value is -1.80. The minimum absolute atomic E-state index is 0.183. The molecule has 0 spiro atoms. The minimum atomic E-state index is -0.405. The van der Waals surface area contributed by atoms with Crippen molar-refractivity contribution in [3.63, 3.8) is 0 Å². The Bertz CT molecular complexity index is 819. The first-order valence-electron chi connectivity index (χ1n) is 10.1. The lowest BCUT2D eigenvalue weighted by Gasteiger charge is -2.43. The summed E-state index contributed by atoms with van der Waals surface area (Å²) in [5.41, 5.74) is 3.76. The van der Waals surface area contributed by atoms with Gasteiger partial charge in [-0.15, -0.1) is 0 Å². The Morgan fingerprint density at radius 3 is 2.64 bits per heavy atom. The number of nitrogens with zero attached hydrogens (tertiary/aromatic N) is 4. The van der Waals surface area contributed by atoms with Gasteiger partial charge in [0.05, 0.1) is 30.7 Å². The summed E-state index contributed by atoms with van der Waals surface area (Å²) in [6, 6.07) is 7.07. The Balaban J connectivity index is 1.49. The Morgan fingerprint density at radius 1 is 1.18 bits per heavy atom. The number of aryl methyl sites for hydroxylation is 2. The second kappa shape index (κ2) is 8.29. The van der Waals surface area contributed by atoms with Crippen molar-refractivity contribution in [2.45, 2.75) is 39.0 Å². The van der Waals surface area contributed by atoms with Crippen molar-refractivity contribution in [3.05, 3.63) is 47.0 Å². The molecule has 0 radical (unpaired) electrons. The van der Waals surface area contributed by atoms with Crippen LogP contribution in [0, 0.1) is 19.7 Å². The predicted molar refractivity (Wildman–Crippen MR) is 105 cm³/mol. The van der Waals surface area contributed by atoms with E-state index in [9.17, 15) is 9.50 Å². The van der Waals surface area contributed by atoms with Crippen LogP contribution in [-0.4, -0.2) is 76.2 Å². The summed E-state index contributed by atoms with van der Waals surface area (Å²) in [4.78, 5) is 4.56. The Kier molecular flexibility index (Phi) is 5.78. The molecule has 3 heterocycles. The van der Waals surface area contributed by atoms with E-state index in [4.69, 9.17) is 4.74 Å². The molecule has 28 heavy (non-hydrogen) atoms. The number of benzene rings is 1. The van der Waals surface area contributed by atoms with E-state index >= 15 is 0 Å². The van der Waals surface area contributed by atoms with Crippen LogP contribution in [0.3, 0.4) is 0 Å². The highest BCUT2D eigenvalue weighted by atomic mass is 19.1. The van der Waals surface area contributed by atoms with Crippen molar-refractivity contribution in [2.24, 2.45) is 0 Å². The molecule has 0 aliphatic carbocycles. The average Bonchev–Trinajstić information content (AvgIpc) is 3.01. The highest BCUT2D eigenvalue weighted by Crippen LogP contribution is 2.24. The number of hydrogen-bond acceptors (Lipinski definition) is 5. The highest BCUT2D eigenvalue weighted by Gasteiger charge is 2.33. The number of aliphatic hydroxyl groups is 1. The van der Waals surface area contributed by atoms with Crippen LogP contribution in [0.2, 0.25) is 0 Å². The van der Waals surface area contributed by atoms with Crippen LogP contribution in [-0.2, 0) is 11.3 Å². The van der Waals surface area contributed by atoms with Crippen LogP contribution in [0.1, 0.15) is 23.4 Å². The molecule has 1 aromatic heterocycles. The van der Waals surface area contributed by atoms with Gasteiger partial charge in [-0.25, -0.2) is 9.07 Å². The third-order valence-electron chi connectivity index (χ3n) is 5.82. The molecule has 2 atom stereocenters. The lowest BCUT2D eigenvalue weighted by molar-refractivity contribution is -0.0534. The van der Waals surface area contributed by atoms with Crippen molar-refractivity contribution in [1.29, 1.82) is 0 Å². The van der Waals surface area contributed by atoms with Gasteiger partial charge in [-0.3, -0.25) is 9.80 Å². The number of ether oxygens (including phenoxy) is 1. The van der Waals surface area contributed by atoms with E-state index in [1.165, 1.54) is 6.07 Å². The first-order valence-corrected chi connectivity index (χ1v) is 10.1. The average molecular weight is 388 g/mol. The predicted octanol–water partition coefficient (Wildman–Crippen LogP) is 1.90. The van der Waals surface area contributed by atoms with Crippen LogP contribution in [0.5, 0.6) is 0 Å². The molecule has 0 bridgehead atoms. The molecule has 1 aromatic carbocycles. The smallest absolute Gasteiger partial charge is 0.123 e. The molecular formula is C21H29FN4O2. The monoisotopic (exact) mass is 388 g/mol. The van der Waals surface area contributed by atoms with Crippen molar-refractivity contribution in [1.82, 2.24) is 19.6 Å². The van der Waals surface area contributed by atoms with E-state index in [-0.39, 0.29) is 11.9 Å². The summed E-state index contributed by atoms with van der Waals surface area (Å²) in [7, 11) is 0. The highest BCUT2D eigenvalue weighted by molar-refractivity contribution is 5.42. The summed E-state index contributed by atoms with van der Waals surface area (Å²) in [6.07, 6.45) is 0.503. The number of aromatic nitrogens is 2. The van der Waals surface area contributed by atoms with Gasteiger partial charge in [0.25, 0.3) is 0 Å². The van der Waals surface area contributed by atoms with Gasteiger partial charge in [-0.2, -0.15) is 5.10 Å². The molecule has 1 N–H and O–H groups in total. The zero-order chi connectivity index (χ0) is 19.7. The van der Waals surface area contributed by atoms with Crippen molar-refractivity contribution >= 4 is 0 Å². The number of β-amino-alcohol motifs (C(OH)–C–C–N with tert-alkyl or cyclic N) is 1. The molecule has 0 unspecified atom stereocenters. The summed E-state index contributed by atoms with van der Waals surface area (Å²) in [5.74, 6) is -0.246. The molecule has 4 rings (SSSR count). The van der Waals surface area contributed by atoms with Crippen LogP contribution >= 0.6 is 0 Å². The standard InChI is InChI=1S/C21H29FN4O2/c1-15-11-16(2)26(23-15)19-4-3-18(22)12-17(19)13-24-6-5-20(21(27)14-24)25-7-9-28-10-8-25/h3-4,11-12,20-21,27H,5-10,13-14H2,1-2H3/t20-,21-/m1/s1. The van der Waals surface area contributed by atoms with E-state index in [1.54, 1.807) is 12.1 Å². The van der Waals surface area contributed by atoms with E-state index in [0.717, 1.165) is 61.9 Å². The lowest BCUT2D eigenvalue weighted by atomic mass is 9.99. The number of halogens is 1. The molecule has 152 valence electrons. The molecule has 0 amide bonds. The van der Waals surface area contributed by atoms with Gasteiger partial charge >= 0.3 is 0 Å². The molecule has 2 aliphatic rings. The van der Waals surface area contributed by atoms with Gasteiger partial charge in [0.1, 0.15) is 5.82 Å². The maximum Gasteiger partial charge on any atom is 0.123 e. The topological polar surface area (TPSA) is 53.8 Å². The second-order valence-electron chi connectivity index (χ2n) is 7.92. The molecule has 2 saturated heterocycles. The van der Waals surface area contributed by atoms with Crippen molar-refractivity contribution in [2.75, 3.05) is 39.4 Å². The number of hydrogen-bond donors (Lipinski definition) is 1. The summed E-state index contributed by atoms with van der Waals surface area (Å²) < 4.78 is 21.3. The molecule has 2 fully saturated rings. The zero-order valence-corrected chi connectivity index (χ0v) is 16.6. The fraction of sp³-hybridized carbons (Fsp3) is 0.571. The molecule has 0 saturated carbocycles. The molecule has 2 aromatic rings. The lowest BCUT2D eigenvalue weighted by Crippen LogP contribution is -2.56. The van der Waals surface area contributed by atoms with Crippen LogP contribution in [0.15, 0.2) is 24.3 Å². The van der Waals surface area contributed by atoms with Gasteiger partial charge in [0.15, 0.2) is 0 Å². The van der Waals surface area contributed by atoms with Crippen LogP contribution in [0.25, 0.3) is 5.69 Å². The molecule has 6 nitrogen and oxygen atoms in total. The number of rotatable bonds is 4. The molecule has 7 heteroatoms. The van der Waals surface area contributed by atoms with E-state index < -0.39 is 6.10 Å². The molecule has 2 aliphatic heterocycles. The number of piperidine rings is 1. The third kappa shape index (κ3) is 4.12. The van der Waals surface area contributed by atoms with E-state index in [2.05, 4.69) is 14.9 Å². The van der Waals surface area contributed by atoms with Crippen molar-refractivity contribution in [3.8, 4) is 5.69 Å². The first-order chi connectivity index (χ1) is 13.5. The normalized spacial score (nSPS) is 24.6. The van der Waals surface area contributed by atoms with Crippen LogP contribution < -0.4 is 0 Å². The fourth-order valence-corrected chi connectivity index (χ4v) is 4.46. The van der Waals surface area contributed by atoms with Gasteiger partial charge in [0.2, 0.25) is 0 Å². The maximum absolute atomic E-state index is 14.0. The van der Waals surface area contributed by atoms with Gasteiger partial charge < -0.3 is 9.84 Å². The van der Waals surface area contributed by atoms with E-state index in [1.807, 2.05) is 24.6 Å². The maximum atomic E-state index is 14.0. The SMILES string of the molecule is Cc1cc(C)n(-c2ccc(F)cc2CN2CC[C@@H](N3CCOCC3)[C@H](O)C2)n1. The van der Waals surface area contributed by atoms with Crippen LogP contribution in [0.4, 0.5) is 4.39 Å². The number of aliphatic hydroxyl groups excluding tert-OH is 1. The Labute approximate surface area is 165 Å². The molecular weight excluding hydrogens is 359 g/mol. The second-order valence-corrected chi connectivity index (χ2v) is 7.92. The largest absolute Gasteiger partial charge is 0.390 e. The number of likely N-dealkylation sites (tertiary alicyclic amines) is 1. The summed E-state index contributed by atoms with van der Waals surface area (Å²) in [5, 5.41) is 15.3. The number of morpholine rings is 1. The quantitative estimate of drug-likeness (QED) is 0.867. The zero-order valence-electron chi connectivity index (χ0n) is 16.6. The van der Waals surface area contributed by atoms with Gasteiger partial charge in [-0.1, -0.05) is 0 Å². The van der Waals surface area contributed by atoms with Gasteiger partial charge in [0, 0.05) is 44.5 Å². The third-order valence-corrected chi connectivity index (χ3v) is 5.82. The van der Waals surface area contributed by atoms with Crippen molar-refractivity contribution < 1.29 is 14.2 Å². The Morgan fingerprint density at radius 2 is 1.96 bits per heavy atom. The van der Waals surface area contributed by atoms with E-state index in [0.29, 0.717) is 13.1 Å².